The van der Waals surface area contributed by atoms with E-state index in [9.17, 15) is 4.79 Å². The van der Waals surface area contributed by atoms with Crippen LogP contribution in [0.2, 0.25) is 10.0 Å². The van der Waals surface area contributed by atoms with E-state index in [1.54, 1.807) is 19.3 Å². The Kier molecular flexibility index (Phi) is 5.67. The highest BCUT2D eigenvalue weighted by atomic mass is 35.5. The zero-order chi connectivity index (χ0) is 17.8. The molecule has 0 fully saturated rings. The molecule has 0 saturated carbocycles. The fourth-order valence-electron chi connectivity index (χ4n) is 2.99. The lowest BCUT2D eigenvalue weighted by Crippen LogP contribution is -2.21. The summed E-state index contributed by atoms with van der Waals surface area (Å²) in [6, 6.07) is 13.5. The molecular formula is C20H19Cl2NO2. The molecule has 1 N–H and O–H groups in total. The lowest BCUT2D eigenvalue weighted by molar-refractivity contribution is -0.115. The molecule has 1 aliphatic carbocycles. The molecule has 0 heterocycles. The van der Waals surface area contributed by atoms with Crippen LogP contribution in [0.3, 0.4) is 0 Å². The summed E-state index contributed by atoms with van der Waals surface area (Å²) in [6.07, 6.45) is 3.04. The standard InChI is InChI=1S/C20H19Cl2NO2/c1-25-18-5-3-14(4-6-18)15-9-16(11-17(24)10-15)23-12-13-2-7-19(21)20(22)8-13/h2-8,11,15,23H,9-10,12H2,1H3. The van der Waals surface area contributed by atoms with Crippen LogP contribution in [0.15, 0.2) is 54.2 Å². The highest BCUT2D eigenvalue weighted by Crippen LogP contribution is 2.31. The summed E-state index contributed by atoms with van der Waals surface area (Å²) < 4.78 is 5.19. The van der Waals surface area contributed by atoms with Crippen molar-refractivity contribution in [3.05, 3.63) is 75.4 Å². The van der Waals surface area contributed by atoms with Crippen molar-refractivity contribution in [1.82, 2.24) is 5.32 Å². The highest BCUT2D eigenvalue weighted by molar-refractivity contribution is 6.42. The van der Waals surface area contributed by atoms with Gasteiger partial charge in [-0.3, -0.25) is 4.79 Å². The molecule has 0 saturated heterocycles. The van der Waals surface area contributed by atoms with Crippen molar-refractivity contribution in [2.75, 3.05) is 7.11 Å². The number of hydrogen-bond donors (Lipinski definition) is 1. The Bertz CT molecular complexity index is 800. The maximum Gasteiger partial charge on any atom is 0.158 e. The second-order valence-corrected chi connectivity index (χ2v) is 6.93. The topological polar surface area (TPSA) is 38.3 Å². The zero-order valence-electron chi connectivity index (χ0n) is 13.9. The zero-order valence-corrected chi connectivity index (χ0v) is 15.4. The van der Waals surface area contributed by atoms with E-state index in [1.807, 2.05) is 36.4 Å². The van der Waals surface area contributed by atoms with Gasteiger partial charge in [-0.25, -0.2) is 0 Å². The molecule has 2 aromatic carbocycles. The molecule has 3 nitrogen and oxygen atoms in total. The van der Waals surface area contributed by atoms with E-state index >= 15 is 0 Å². The minimum Gasteiger partial charge on any atom is -0.497 e. The van der Waals surface area contributed by atoms with E-state index in [0.29, 0.717) is 23.0 Å². The number of rotatable bonds is 5. The molecule has 130 valence electrons. The van der Waals surface area contributed by atoms with E-state index in [0.717, 1.165) is 29.0 Å². The molecule has 0 radical (unpaired) electrons. The Balaban J connectivity index is 1.67. The Morgan fingerprint density at radius 3 is 2.52 bits per heavy atom. The second-order valence-electron chi connectivity index (χ2n) is 6.12. The van der Waals surface area contributed by atoms with Gasteiger partial charge in [0, 0.05) is 24.7 Å². The van der Waals surface area contributed by atoms with Gasteiger partial charge in [0.2, 0.25) is 0 Å². The Labute approximate surface area is 157 Å². The summed E-state index contributed by atoms with van der Waals surface area (Å²) in [4.78, 5) is 12.1. The molecule has 0 amide bonds. The van der Waals surface area contributed by atoms with Crippen LogP contribution in [-0.4, -0.2) is 12.9 Å². The third-order valence-electron chi connectivity index (χ3n) is 4.34. The largest absolute Gasteiger partial charge is 0.497 e. The molecule has 0 bridgehead atoms. The lowest BCUT2D eigenvalue weighted by atomic mass is 9.85. The molecule has 5 heteroatoms. The smallest absolute Gasteiger partial charge is 0.158 e. The monoisotopic (exact) mass is 375 g/mol. The molecule has 0 aliphatic heterocycles. The van der Waals surface area contributed by atoms with Gasteiger partial charge in [0.1, 0.15) is 5.75 Å². The minimum absolute atomic E-state index is 0.142. The number of ether oxygens (including phenoxy) is 1. The van der Waals surface area contributed by atoms with Gasteiger partial charge in [-0.1, -0.05) is 41.4 Å². The van der Waals surface area contributed by atoms with Crippen LogP contribution in [0.4, 0.5) is 0 Å². The SMILES string of the molecule is COc1ccc(C2CC(=O)C=C(NCc3ccc(Cl)c(Cl)c3)C2)cc1. The maximum atomic E-state index is 12.1. The van der Waals surface area contributed by atoms with Crippen LogP contribution in [-0.2, 0) is 11.3 Å². The van der Waals surface area contributed by atoms with Gasteiger partial charge in [0.15, 0.2) is 5.78 Å². The van der Waals surface area contributed by atoms with Gasteiger partial charge in [0.25, 0.3) is 0 Å². The molecule has 1 unspecified atom stereocenters. The summed E-state index contributed by atoms with van der Waals surface area (Å²) in [6.45, 7) is 0.603. The van der Waals surface area contributed by atoms with Crippen LogP contribution in [0.5, 0.6) is 5.75 Å². The number of carbonyl (C=O) groups excluding carboxylic acids is 1. The number of carbonyl (C=O) groups is 1. The third-order valence-corrected chi connectivity index (χ3v) is 5.08. The van der Waals surface area contributed by atoms with E-state index in [-0.39, 0.29) is 11.7 Å². The number of nitrogens with one attached hydrogen (secondary N) is 1. The quantitative estimate of drug-likeness (QED) is 0.787. The normalized spacial score (nSPS) is 17.2. The Morgan fingerprint density at radius 2 is 1.84 bits per heavy atom. The highest BCUT2D eigenvalue weighted by Gasteiger charge is 2.22. The van der Waals surface area contributed by atoms with E-state index in [1.165, 1.54) is 0 Å². The van der Waals surface area contributed by atoms with Crippen molar-refractivity contribution in [3.8, 4) is 5.75 Å². The Hall–Kier alpha value is -1.97. The van der Waals surface area contributed by atoms with Crippen LogP contribution in [0.25, 0.3) is 0 Å². The minimum atomic E-state index is 0.142. The number of benzene rings is 2. The molecule has 1 aliphatic rings. The molecule has 0 aromatic heterocycles. The van der Waals surface area contributed by atoms with Crippen molar-refractivity contribution < 1.29 is 9.53 Å². The summed E-state index contributed by atoms with van der Waals surface area (Å²) in [5.74, 6) is 1.14. The first-order valence-electron chi connectivity index (χ1n) is 8.10. The van der Waals surface area contributed by atoms with E-state index in [4.69, 9.17) is 27.9 Å². The van der Waals surface area contributed by atoms with Crippen LogP contribution >= 0.6 is 23.2 Å². The third kappa shape index (κ3) is 4.56. The van der Waals surface area contributed by atoms with Gasteiger partial charge < -0.3 is 10.1 Å². The van der Waals surface area contributed by atoms with Gasteiger partial charge in [0.05, 0.1) is 17.2 Å². The summed E-state index contributed by atoms with van der Waals surface area (Å²) >= 11 is 12.0. The molecule has 0 spiro atoms. The van der Waals surface area contributed by atoms with Gasteiger partial charge in [-0.15, -0.1) is 0 Å². The van der Waals surface area contributed by atoms with Crippen molar-refractivity contribution in [3.63, 3.8) is 0 Å². The number of methoxy groups -OCH3 is 1. The fraction of sp³-hybridized carbons (Fsp3) is 0.250. The molecule has 25 heavy (non-hydrogen) atoms. The summed E-state index contributed by atoms with van der Waals surface area (Å²) in [5.41, 5.74) is 3.12. The number of halogens is 2. The van der Waals surface area contributed by atoms with Crippen LogP contribution in [0.1, 0.15) is 29.9 Å². The number of ketones is 1. The van der Waals surface area contributed by atoms with Gasteiger partial charge in [-0.05, 0) is 47.7 Å². The first kappa shape index (κ1) is 17.8. The van der Waals surface area contributed by atoms with E-state index in [2.05, 4.69) is 5.32 Å². The van der Waals surface area contributed by atoms with Crippen molar-refractivity contribution >= 4 is 29.0 Å². The predicted octanol–water partition coefficient (Wildman–Crippen LogP) is 5.12. The van der Waals surface area contributed by atoms with Crippen LogP contribution in [0, 0.1) is 0 Å². The first-order chi connectivity index (χ1) is 12.0. The van der Waals surface area contributed by atoms with Gasteiger partial charge >= 0.3 is 0 Å². The summed E-state index contributed by atoms with van der Waals surface area (Å²) in [5, 5.41) is 4.42. The fourth-order valence-corrected chi connectivity index (χ4v) is 3.31. The summed E-state index contributed by atoms with van der Waals surface area (Å²) in [7, 11) is 1.65. The molecule has 2 aromatic rings. The van der Waals surface area contributed by atoms with Crippen molar-refractivity contribution in [1.29, 1.82) is 0 Å². The second kappa shape index (κ2) is 7.94. The first-order valence-corrected chi connectivity index (χ1v) is 8.86. The average Bonchev–Trinajstić information content (AvgIpc) is 2.62. The number of hydrogen-bond acceptors (Lipinski definition) is 3. The maximum absolute atomic E-state index is 12.1. The van der Waals surface area contributed by atoms with Gasteiger partial charge in [-0.2, -0.15) is 0 Å². The average molecular weight is 376 g/mol. The Morgan fingerprint density at radius 1 is 1.08 bits per heavy atom. The predicted molar refractivity (Wildman–Crippen MR) is 101 cm³/mol. The molecule has 1 atom stereocenters. The lowest BCUT2D eigenvalue weighted by Gasteiger charge is -2.23. The van der Waals surface area contributed by atoms with Crippen LogP contribution < -0.4 is 10.1 Å². The molecular weight excluding hydrogens is 357 g/mol. The van der Waals surface area contributed by atoms with Crippen molar-refractivity contribution in [2.24, 2.45) is 0 Å². The molecule has 3 rings (SSSR count). The van der Waals surface area contributed by atoms with Crippen molar-refractivity contribution in [2.45, 2.75) is 25.3 Å². The number of allylic oxidation sites excluding steroid dienone is 2. The van der Waals surface area contributed by atoms with E-state index < -0.39 is 0 Å².